The predicted molar refractivity (Wildman–Crippen MR) is 69.9 cm³/mol. The van der Waals surface area contributed by atoms with E-state index in [0.29, 0.717) is 12.8 Å². The molecule has 0 heterocycles. The molecule has 1 fully saturated rings. The molecule has 1 aliphatic rings. The average molecular weight is 249 g/mol. The van der Waals surface area contributed by atoms with Crippen LogP contribution in [0, 0.1) is 12.7 Å². The number of Topliss-reactive ketones (excluding diaryl/α,β-unsaturated/α-hetero) is 1. The Balaban J connectivity index is 1.98. The molecule has 0 aromatic heterocycles. The van der Waals surface area contributed by atoms with Crippen molar-refractivity contribution < 1.29 is 9.18 Å². The molecule has 2 rings (SSSR count). The SMILES string of the molecule is Cc1cc(F)ccc1CC(=O)CC1(N)CCCC1. The third-order valence-corrected chi connectivity index (χ3v) is 3.84. The second-order valence-corrected chi connectivity index (χ2v) is 5.53. The van der Waals surface area contributed by atoms with Gasteiger partial charge in [0.2, 0.25) is 0 Å². The highest BCUT2D eigenvalue weighted by Crippen LogP contribution is 2.30. The molecule has 2 N–H and O–H groups in total. The summed E-state index contributed by atoms with van der Waals surface area (Å²) in [6, 6.07) is 4.57. The van der Waals surface area contributed by atoms with E-state index < -0.39 is 0 Å². The van der Waals surface area contributed by atoms with Gasteiger partial charge in [0.15, 0.2) is 0 Å². The molecule has 0 atom stereocenters. The number of hydrogen-bond acceptors (Lipinski definition) is 2. The van der Waals surface area contributed by atoms with Gasteiger partial charge in [-0.3, -0.25) is 4.79 Å². The Bertz CT molecular complexity index is 450. The van der Waals surface area contributed by atoms with Crippen LogP contribution in [0.15, 0.2) is 18.2 Å². The van der Waals surface area contributed by atoms with E-state index in [1.807, 2.05) is 6.92 Å². The van der Waals surface area contributed by atoms with Crippen molar-refractivity contribution in [2.24, 2.45) is 5.73 Å². The molecule has 0 spiro atoms. The lowest BCUT2D eigenvalue weighted by molar-refractivity contribution is -0.119. The topological polar surface area (TPSA) is 43.1 Å². The van der Waals surface area contributed by atoms with E-state index in [0.717, 1.165) is 36.8 Å². The summed E-state index contributed by atoms with van der Waals surface area (Å²) in [6.45, 7) is 1.83. The van der Waals surface area contributed by atoms with Gasteiger partial charge < -0.3 is 5.73 Å². The van der Waals surface area contributed by atoms with E-state index in [1.54, 1.807) is 6.07 Å². The molecule has 18 heavy (non-hydrogen) atoms. The number of carbonyl (C=O) groups excluding carboxylic acids is 1. The molecule has 0 radical (unpaired) electrons. The molecule has 2 nitrogen and oxygen atoms in total. The normalized spacial score (nSPS) is 17.9. The van der Waals surface area contributed by atoms with Crippen molar-refractivity contribution in [2.75, 3.05) is 0 Å². The van der Waals surface area contributed by atoms with Gasteiger partial charge in [-0.15, -0.1) is 0 Å². The van der Waals surface area contributed by atoms with Gasteiger partial charge in [-0.05, 0) is 43.0 Å². The van der Waals surface area contributed by atoms with Gasteiger partial charge in [0.25, 0.3) is 0 Å². The van der Waals surface area contributed by atoms with Crippen LogP contribution in [0.2, 0.25) is 0 Å². The first kappa shape index (κ1) is 13.2. The maximum atomic E-state index is 13.0. The second-order valence-electron chi connectivity index (χ2n) is 5.53. The number of aryl methyl sites for hydroxylation is 1. The van der Waals surface area contributed by atoms with Gasteiger partial charge in [0, 0.05) is 18.4 Å². The van der Waals surface area contributed by atoms with Gasteiger partial charge in [-0.25, -0.2) is 4.39 Å². The van der Waals surface area contributed by atoms with Crippen molar-refractivity contribution >= 4 is 5.78 Å². The summed E-state index contributed by atoms with van der Waals surface area (Å²) in [5.74, 6) is -0.0936. The third kappa shape index (κ3) is 3.16. The number of benzene rings is 1. The minimum atomic E-state index is -0.287. The van der Waals surface area contributed by atoms with Crippen LogP contribution < -0.4 is 5.73 Å². The number of carbonyl (C=O) groups is 1. The monoisotopic (exact) mass is 249 g/mol. The van der Waals surface area contributed by atoms with Crippen LogP contribution in [0.3, 0.4) is 0 Å². The van der Waals surface area contributed by atoms with Crippen LogP contribution in [0.4, 0.5) is 4.39 Å². The van der Waals surface area contributed by atoms with Crippen molar-refractivity contribution in [1.29, 1.82) is 0 Å². The molecule has 1 aromatic carbocycles. The summed E-state index contributed by atoms with van der Waals surface area (Å²) in [6.07, 6.45) is 4.95. The van der Waals surface area contributed by atoms with Crippen LogP contribution in [0.25, 0.3) is 0 Å². The van der Waals surface area contributed by atoms with E-state index in [9.17, 15) is 9.18 Å². The molecular weight excluding hydrogens is 229 g/mol. The van der Waals surface area contributed by atoms with Crippen molar-refractivity contribution in [2.45, 2.75) is 51.0 Å². The summed E-state index contributed by atoms with van der Waals surface area (Å²) >= 11 is 0. The third-order valence-electron chi connectivity index (χ3n) is 3.84. The molecular formula is C15H20FNO. The van der Waals surface area contributed by atoms with Crippen LogP contribution in [-0.2, 0) is 11.2 Å². The molecule has 1 aliphatic carbocycles. The van der Waals surface area contributed by atoms with Gasteiger partial charge in [0.1, 0.15) is 11.6 Å². The first-order chi connectivity index (χ1) is 8.48. The van der Waals surface area contributed by atoms with E-state index in [1.165, 1.54) is 12.1 Å². The predicted octanol–water partition coefficient (Wildman–Crippen LogP) is 2.91. The molecule has 0 amide bonds. The van der Waals surface area contributed by atoms with E-state index in [2.05, 4.69) is 0 Å². The Hall–Kier alpha value is -1.22. The number of hydrogen-bond donors (Lipinski definition) is 1. The molecule has 0 unspecified atom stereocenters. The van der Waals surface area contributed by atoms with Gasteiger partial charge in [-0.2, -0.15) is 0 Å². The molecule has 1 aromatic rings. The molecule has 0 saturated heterocycles. The summed E-state index contributed by atoms with van der Waals surface area (Å²) in [5.41, 5.74) is 7.65. The zero-order valence-corrected chi connectivity index (χ0v) is 10.8. The Kier molecular flexibility index (Phi) is 3.81. The quantitative estimate of drug-likeness (QED) is 0.891. The van der Waals surface area contributed by atoms with E-state index in [-0.39, 0.29) is 17.1 Å². The van der Waals surface area contributed by atoms with Crippen LogP contribution >= 0.6 is 0 Å². The lowest BCUT2D eigenvalue weighted by Gasteiger charge is -2.22. The fourth-order valence-corrected chi connectivity index (χ4v) is 2.78. The summed E-state index contributed by atoms with van der Waals surface area (Å²) in [4.78, 5) is 12.0. The zero-order valence-electron chi connectivity index (χ0n) is 10.8. The average Bonchev–Trinajstić information content (AvgIpc) is 2.69. The first-order valence-corrected chi connectivity index (χ1v) is 6.54. The maximum Gasteiger partial charge on any atom is 0.139 e. The fourth-order valence-electron chi connectivity index (χ4n) is 2.78. The molecule has 1 saturated carbocycles. The Morgan fingerprint density at radius 2 is 2.06 bits per heavy atom. The number of nitrogens with two attached hydrogens (primary N) is 1. The van der Waals surface area contributed by atoms with Crippen LogP contribution in [0.5, 0.6) is 0 Å². The van der Waals surface area contributed by atoms with Crippen molar-refractivity contribution in [1.82, 2.24) is 0 Å². The Morgan fingerprint density at radius 1 is 1.39 bits per heavy atom. The summed E-state index contributed by atoms with van der Waals surface area (Å²) in [5, 5.41) is 0. The van der Waals surface area contributed by atoms with Gasteiger partial charge in [-0.1, -0.05) is 18.9 Å². The lowest BCUT2D eigenvalue weighted by Crippen LogP contribution is -2.39. The minimum absolute atomic E-state index is 0.161. The smallest absolute Gasteiger partial charge is 0.139 e. The molecule has 3 heteroatoms. The second kappa shape index (κ2) is 5.19. The minimum Gasteiger partial charge on any atom is -0.325 e. The summed E-state index contributed by atoms with van der Waals surface area (Å²) in [7, 11) is 0. The number of rotatable bonds is 4. The van der Waals surface area contributed by atoms with Gasteiger partial charge in [0.05, 0.1) is 0 Å². The standard InChI is InChI=1S/C15H20FNO/c1-11-8-13(16)5-4-12(11)9-14(18)10-15(17)6-2-3-7-15/h4-5,8H,2-3,6-7,9-10,17H2,1H3. The lowest BCUT2D eigenvalue weighted by atomic mass is 9.89. The highest BCUT2D eigenvalue weighted by atomic mass is 19.1. The molecule has 0 aliphatic heterocycles. The highest BCUT2D eigenvalue weighted by molar-refractivity contribution is 5.82. The van der Waals surface area contributed by atoms with Crippen LogP contribution in [-0.4, -0.2) is 11.3 Å². The molecule has 98 valence electrons. The van der Waals surface area contributed by atoms with Crippen molar-refractivity contribution in [3.8, 4) is 0 Å². The molecule has 0 bridgehead atoms. The number of halogens is 1. The highest BCUT2D eigenvalue weighted by Gasteiger charge is 2.31. The Labute approximate surface area is 107 Å². The van der Waals surface area contributed by atoms with Crippen LogP contribution in [0.1, 0.15) is 43.2 Å². The largest absolute Gasteiger partial charge is 0.325 e. The van der Waals surface area contributed by atoms with Crippen molar-refractivity contribution in [3.63, 3.8) is 0 Å². The zero-order chi connectivity index (χ0) is 13.2. The maximum absolute atomic E-state index is 13.0. The van der Waals surface area contributed by atoms with Crippen molar-refractivity contribution in [3.05, 3.63) is 35.1 Å². The first-order valence-electron chi connectivity index (χ1n) is 6.54. The number of ketones is 1. The van der Waals surface area contributed by atoms with Gasteiger partial charge >= 0.3 is 0 Å². The Morgan fingerprint density at radius 3 is 2.67 bits per heavy atom. The van der Waals surface area contributed by atoms with E-state index >= 15 is 0 Å². The fraction of sp³-hybridized carbons (Fsp3) is 0.533. The summed E-state index contributed by atoms with van der Waals surface area (Å²) < 4.78 is 13.0. The van der Waals surface area contributed by atoms with E-state index in [4.69, 9.17) is 5.73 Å².